The molecule has 2 N–H and O–H groups in total. The van der Waals surface area contributed by atoms with Crippen LogP contribution in [-0.2, 0) is 6.18 Å². The van der Waals surface area contributed by atoms with E-state index in [1.165, 1.54) is 18.2 Å². The van der Waals surface area contributed by atoms with Gasteiger partial charge >= 0.3 is 6.18 Å². The maximum Gasteiger partial charge on any atom is 0.418 e. The third-order valence-electron chi connectivity index (χ3n) is 3.78. The Balaban J connectivity index is 1.90. The third kappa shape index (κ3) is 4.70. The molecule has 3 rings (SSSR count). The number of ether oxygens (including phenoxy) is 1. The topological polar surface area (TPSA) is 59.1 Å². The average Bonchev–Trinajstić information content (AvgIpc) is 2.63. The second-order valence-corrected chi connectivity index (χ2v) is 5.94. The van der Waals surface area contributed by atoms with Gasteiger partial charge in [-0.25, -0.2) is 4.98 Å². The molecule has 0 aliphatic heterocycles. The predicted octanol–water partition coefficient (Wildman–Crippen LogP) is 5.69. The summed E-state index contributed by atoms with van der Waals surface area (Å²) in [6.45, 7) is 4.12. The van der Waals surface area contributed by atoms with Gasteiger partial charge in [0, 0.05) is 11.8 Å². The van der Waals surface area contributed by atoms with E-state index in [1.807, 2.05) is 31.2 Å². The summed E-state index contributed by atoms with van der Waals surface area (Å²) in [6.07, 6.45) is -4.48. The summed E-state index contributed by atoms with van der Waals surface area (Å²) in [6, 6.07) is 14.2. The molecule has 0 saturated heterocycles. The second kappa shape index (κ2) is 8.16. The first-order valence-corrected chi connectivity index (χ1v) is 8.64. The molecule has 1 heterocycles. The molecule has 0 amide bonds. The van der Waals surface area contributed by atoms with E-state index in [1.54, 1.807) is 13.0 Å². The summed E-state index contributed by atoms with van der Waals surface area (Å²) in [5.41, 5.74) is 0.403. The summed E-state index contributed by atoms with van der Waals surface area (Å²) in [7, 11) is 0. The fourth-order valence-corrected chi connectivity index (χ4v) is 2.64. The monoisotopic (exact) mass is 388 g/mol. The minimum Gasteiger partial charge on any atom is -0.492 e. The lowest BCUT2D eigenvalue weighted by Crippen LogP contribution is -2.10. The Labute approximate surface area is 160 Å². The van der Waals surface area contributed by atoms with Gasteiger partial charge in [-0.1, -0.05) is 24.3 Å². The van der Waals surface area contributed by atoms with Crippen LogP contribution in [0.25, 0.3) is 0 Å². The Morgan fingerprint density at radius 3 is 2.32 bits per heavy atom. The number of nitrogens with zero attached hydrogens (tertiary/aromatic N) is 2. The van der Waals surface area contributed by atoms with E-state index in [4.69, 9.17) is 4.74 Å². The zero-order valence-corrected chi connectivity index (χ0v) is 15.3. The van der Waals surface area contributed by atoms with Crippen molar-refractivity contribution in [2.75, 3.05) is 17.2 Å². The van der Waals surface area contributed by atoms with Crippen molar-refractivity contribution in [1.29, 1.82) is 0 Å². The van der Waals surface area contributed by atoms with E-state index in [0.717, 1.165) is 6.07 Å². The summed E-state index contributed by atoms with van der Waals surface area (Å²) in [5.74, 6) is 1.15. The largest absolute Gasteiger partial charge is 0.492 e. The number of halogens is 3. The SMILES string of the molecule is CCOc1ccccc1Nc1cc(C)nc(Nc2ccccc2C(F)(F)F)n1. The highest BCUT2D eigenvalue weighted by Gasteiger charge is 2.33. The zero-order chi connectivity index (χ0) is 20.1. The smallest absolute Gasteiger partial charge is 0.418 e. The van der Waals surface area contributed by atoms with Crippen LogP contribution in [0.2, 0.25) is 0 Å². The molecular weight excluding hydrogens is 369 g/mol. The molecule has 3 aromatic rings. The van der Waals surface area contributed by atoms with Crippen molar-refractivity contribution in [1.82, 2.24) is 9.97 Å². The fourth-order valence-electron chi connectivity index (χ4n) is 2.64. The number of para-hydroxylation sites is 3. The van der Waals surface area contributed by atoms with Crippen LogP contribution in [0.4, 0.5) is 36.3 Å². The van der Waals surface area contributed by atoms with Gasteiger partial charge in [0.1, 0.15) is 11.6 Å². The van der Waals surface area contributed by atoms with Crippen LogP contribution in [0.1, 0.15) is 18.2 Å². The summed E-state index contributed by atoms with van der Waals surface area (Å²) in [5, 5.41) is 5.80. The molecule has 1 aromatic heterocycles. The average molecular weight is 388 g/mol. The number of alkyl halides is 3. The normalized spacial score (nSPS) is 11.2. The Bertz CT molecular complexity index is 960. The highest BCUT2D eigenvalue weighted by Crippen LogP contribution is 2.35. The van der Waals surface area contributed by atoms with Gasteiger partial charge in [-0.15, -0.1) is 0 Å². The minimum absolute atomic E-state index is 0.0630. The van der Waals surface area contributed by atoms with Crippen LogP contribution in [0.3, 0.4) is 0 Å². The van der Waals surface area contributed by atoms with Crippen LogP contribution in [0.15, 0.2) is 54.6 Å². The first kappa shape index (κ1) is 19.5. The lowest BCUT2D eigenvalue weighted by molar-refractivity contribution is -0.136. The molecular formula is C20H19F3N4O. The van der Waals surface area contributed by atoms with E-state index in [2.05, 4.69) is 20.6 Å². The third-order valence-corrected chi connectivity index (χ3v) is 3.78. The summed E-state index contributed by atoms with van der Waals surface area (Å²) >= 11 is 0. The Morgan fingerprint density at radius 2 is 1.61 bits per heavy atom. The van der Waals surface area contributed by atoms with Crippen LogP contribution in [0.5, 0.6) is 5.75 Å². The van der Waals surface area contributed by atoms with Crippen LogP contribution >= 0.6 is 0 Å². The Hall–Kier alpha value is -3.29. The van der Waals surface area contributed by atoms with Crippen molar-refractivity contribution in [3.05, 3.63) is 65.9 Å². The first-order chi connectivity index (χ1) is 13.4. The van der Waals surface area contributed by atoms with E-state index >= 15 is 0 Å². The van der Waals surface area contributed by atoms with Crippen molar-refractivity contribution < 1.29 is 17.9 Å². The molecule has 5 nitrogen and oxygen atoms in total. The van der Waals surface area contributed by atoms with E-state index in [0.29, 0.717) is 29.6 Å². The lowest BCUT2D eigenvalue weighted by Gasteiger charge is -2.15. The van der Waals surface area contributed by atoms with Crippen molar-refractivity contribution in [3.8, 4) is 5.75 Å². The summed E-state index contributed by atoms with van der Waals surface area (Å²) in [4.78, 5) is 8.48. The number of rotatable bonds is 6. The van der Waals surface area contributed by atoms with Crippen LogP contribution < -0.4 is 15.4 Å². The van der Waals surface area contributed by atoms with Gasteiger partial charge in [-0.2, -0.15) is 18.2 Å². The first-order valence-electron chi connectivity index (χ1n) is 8.64. The number of nitrogens with one attached hydrogen (secondary N) is 2. The maximum absolute atomic E-state index is 13.2. The highest BCUT2D eigenvalue weighted by atomic mass is 19.4. The minimum atomic E-state index is -4.48. The molecule has 146 valence electrons. The molecule has 2 aromatic carbocycles. The molecule has 0 bridgehead atoms. The number of benzene rings is 2. The van der Waals surface area contributed by atoms with Gasteiger partial charge in [-0.3, -0.25) is 0 Å². The van der Waals surface area contributed by atoms with Gasteiger partial charge in [0.05, 0.1) is 23.5 Å². The Kier molecular flexibility index (Phi) is 5.67. The fraction of sp³-hybridized carbons (Fsp3) is 0.200. The van der Waals surface area contributed by atoms with Gasteiger partial charge in [0.2, 0.25) is 5.95 Å². The highest BCUT2D eigenvalue weighted by molar-refractivity contribution is 5.66. The quantitative estimate of drug-likeness (QED) is 0.568. The van der Waals surface area contributed by atoms with Crippen LogP contribution in [-0.4, -0.2) is 16.6 Å². The maximum atomic E-state index is 13.2. The molecule has 0 atom stereocenters. The molecule has 0 aliphatic rings. The van der Waals surface area contributed by atoms with Gasteiger partial charge in [0.25, 0.3) is 0 Å². The van der Waals surface area contributed by atoms with Crippen molar-refractivity contribution in [2.45, 2.75) is 20.0 Å². The molecule has 0 spiro atoms. The lowest BCUT2D eigenvalue weighted by atomic mass is 10.1. The van der Waals surface area contributed by atoms with Gasteiger partial charge in [0.15, 0.2) is 0 Å². The van der Waals surface area contributed by atoms with Crippen LogP contribution in [0, 0.1) is 6.92 Å². The number of aryl methyl sites for hydroxylation is 1. The molecule has 0 fully saturated rings. The van der Waals surface area contributed by atoms with E-state index < -0.39 is 11.7 Å². The molecule has 0 unspecified atom stereocenters. The van der Waals surface area contributed by atoms with E-state index in [-0.39, 0.29) is 11.6 Å². The van der Waals surface area contributed by atoms with Crippen molar-refractivity contribution in [3.63, 3.8) is 0 Å². The number of hydrogen-bond acceptors (Lipinski definition) is 5. The van der Waals surface area contributed by atoms with Gasteiger partial charge < -0.3 is 15.4 Å². The molecule has 0 aliphatic carbocycles. The molecule has 8 heteroatoms. The van der Waals surface area contributed by atoms with Crippen molar-refractivity contribution in [2.24, 2.45) is 0 Å². The molecule has 0 radical (unpaired) electrons. The number of anilines is 4. The number of hydrogen-bond donors (Lipinski definition) is 2. The van der Waals surface area contributed by atoms with E-state index in [9.17, 15) is 13.2 Å². The molecule has 28 heavy (non-hydrogen) atoms. The second-order valence-electron chi connectivity index (χ2n) is 5.94. The Morgan fingerprint density at radius 1 is 0.929 bits per heavy atom. The standard InChI is InChI=1S/C20H19F3N4O/c1-3-28-17-11-7-6-10-16(17)25-18-12-13(2)24-19(27-18)26-15-9-5-4-8-14(15)20(21,22)23/h4-12H,3H2,1-2H3,(H2,24,25,26,27). The predicted molar refractivity (Wildman–Crippen MR) is 102 cm³/mol. The van der Waals surface area contributed by atoms with Gasteiger partial charge in [-0.05, 0) is 38.1 Å². The number of aromatic nitrogens is 2. The summed E-state index contributed by atoms with van der Waals surface area (Å²) < 4.78 is 45.2. The zero-order valence-electron chi connectivity index (χ0n) is 15.3. The molecule has 0 saturated carbocycles. The van der Waals surface area contributed by atoms with Crippen molar-refractivity contribution >= 4 is 23.1 Å².